The van der Waals surface area contributed by atoms with Crippen LogP contribution < -0.4 is 14.8 Å². The predicted octanol–water partition coefficient (Wildman–Crippen LogP) is 2.74. The number of anilines is 1. The molecule has 0 aromatic heterocycles. The van der Waals surface area contributed by atoms with Crippen LogP contribution in [0.5, 0.6) is 5.75 Å². The molecule has 10 nitrogen and oxygen atoms in total. The van der Waals surface area contributed by atoms with Gasteiger partial charge in [0.1, 0.15) is 11.8 Å². The number of nitrogens with one attached hydrogen (secondary N) is 2. The number of ether oxygens (including phenoxy) is 3. The molecule has 1 amide bonds. The fourth-order valence-corrected chi connectivity index (χ4v) is 4.53. The van der Waals surface area contributed by atoms with Crippen LogP contribution in [0.4, 0.5) is 5.69 Å². The molecule has 2 aromatic carbocycles. The topological polar surface area (TPSA) is 140 Å². The van der Waals surface area contributed by atoms with Gasteiger partial charge in [0.05, 0.1) is 11.5 Å². The van der Waals surface area contributed by atoms with E-state index in [2.05, 4.69) is 26.0 Å². The SMILES string of the molecule is O=C(O)COc1ccc(NC(=O)[C@H](COC2CCCCO2)NS(=O)(=O)c2ccc(Br)cc2)cc1. The summed E-state index contributed by atoms with van der Waals surface area (Å²) in [4.78, 5) is 23.6. The van der Waals surface area contributed by atoms with Crippen molar-refractivity contribution in [2.24, 2.45) is 0 Å². The second kappa shape index (κ2) is 12.3. The van der Waals surface area contributed by atoms with Crippen LogP contribution in [-0.4, -0.2) is 57.6 Å². The number of aliphatic carboxylic acids is 1. The van der Waals surface area contributed by atoms with Gasteiger partial charge in [-0.2, -0.15) is 4.72 Å². The van der Waals surface area contributed by atoms with Crippen molar-refractivity contribution in [1.82, 2.24) is 4.72 Å². The van der Waals surface area contributed by atoms with Crippen LogP contribution in [0.25, 0.3) is 0 Å². The van der Waals surface area contributed by atoms with Crippen LogP contribution >= 0.6 is 15.9 Å². The highest BCUT2D eigenvalue weighted by molar-refractivity contribution is 9.10. The molecule has 1 aliphatic rings. The Labute approximate surface area is 205 Å². The summed E-state index contributed by atoms with van der Waals surface area (Å²) in [5.41, 5.74) is 0.370. The Bertz CT molecular complexity index is 1070. The van der Waals surface area contributed by atoms with Crippen LogP contribution in [-0.2, 0) is 29.1 Å². The Morgan fingerprint density at radius 3 is 2.44 bits per heavy atom. The molecule has 34 heavy (non-hydrogen) atoms. The number of halogens is 1. The number of carboxylic acid groups (broad SMARTS) is 1. The first-order valence-electron chi connectivity index (χ1n) is 10.5. The maximum absolute atomic E-state index is 13.0. The third-order valence-electron chi connectivity index (χ3n) is 4.81. The van der Waals surface area contributed by atoms with Gasteiger partial charge >= 0.3 is 5.97 Å². The molecule has 184 valence electrons. The number of carbonyl (C=O) groups is 2. The number of benzene rings is 2. The van der Waals surface area contributed by atoms with Crippen molar-refractivity contribution in [3.63, 3.8) is 0 Å². The molecular formula is C22H25BrN2O8S. The first-order valence-corrected chi connectivity index (χ1v) is 12.8. The summed E-state index contributed by atoms with van der Waals surface area (Å²) in [5, 5.41) is 11.3. The standard InChI is InChI=1S/C22H25BrN2O8S/c23-15-4-10-18(11-5-15)34(29,30)25-19(13-33-21-3-1-2-12-31-21)22(28)24-16-6-8-17(9-7-16)32-14-20(26)27/h4-11,19,21,25H,1-3,12-14H2,(H,24,28)(H,26,27)/t19-,21?/m0/s1. The summed E-state index contributed by atoms with van der Waals surface area (Å²) in [6.45, 7) is -0.180. The van der Waals surface area contributed by atoms with Crippen LogP contribution in [0.1, 0.15) is 19.3 Å². The monoisotopic (exact) mass is 556 g/mol. The molecule has 0 bridgehead atoms. The van der Waals surface area contributed by atoms with Gasteiger partial charge in [0.15, 0.2) is 12.9 Å². The summed E-state index contributed by atoms with van der Waals surface area (Å²) in [6.07, 6.45) is 1.99. The van der Waals surface area contributed by atoms with Gasteiger partial charge in [-0.25, -0.2) is 13.2 Å². The maximum atomic E-state index is 13.0. The van der Waals surface area contributed by atoms with Crippen molar-refractivity contribution in [2.45, 2.75) is 36.5 Å². The summed E-state index contributed by atoms with van der Waals surface area (Å²) >= 11 is 3.26. The molecule has 1 fully saturated rings. The number of hydrogen-bond acceptors (Lipinski definition) is 7. The number of sulfonamides is 1. The molecule has 3 N–H and O–H groups in total. The number of hydrogen-bond donors (Lipinski definition) is 3. The fraction of sp³-hybridized carbons (Fsp3) is 0.364. The van der Waals surface area contributed by atoms with E-state index in [0.717, 1.165) is 12.8 Å². The molecular weight excluding hydrogens is 532 g/mol. The van der Waals surface area contributed by atoms with E-state index >= 15 is 0 Å². The van der Waals surface area contributed by atoms with Gasteiger partial charge in [0, 0.05) is 16.8 Å². The lowest BCUT2D eigenvalue weighted by Crippen LogP contribution is -2.47. The normalized spacial score (nSPS) is 17.0. The third-order valence-corrected chi connectivity index (χ3v) is 6.82. The minimum Gasteiger partial charge on any atom is -0.482 e. The highest BCUT2D eigenvalue weighted by atomic mass is 79.9. The largest absolute Gasteiger partial charge is 0.482 e. The molecule has 12 heteroatoms. The van der Waals surface area contributed by atoms with E-state index < -0.39 is 40.8 Å². The second-order valence-electron chi connectivity index (χ2n) is 7.45. The van der Waals surface area contributed by atoms with Crippen molar-refractivity contribution in [1.29, 1.82) is 0 Å². The molecule has 0 spiro atoms. The predicted molar refractivity (Wildman–Crippen MR) is 126 cm³/mol. The second-order valence-corrected chi connectivity index (χ2v) is 10.1. The van der Waals surface area contributed by atoms with E-state index in [1.165, 1.54) is 36.4 Å². The lowest BCUT2D eigenvalue weighted by molar-refractivity contribution is -0.166. The Kier molecular flexibility index (Phi) is 9.42. The van der Waals surface area contributed by atoms with E-state index in [4.69, 9.17) is 19.3 Å². The van der Waals surface area contributed by atoms with Gasteiger partial charge in [-0.15, -0.1) is 0 Å². The molecule has 1 saturated heterocycles. The smallest absolute Gasteiger partial charge is 0.341 e. The number of carboxylic acids is 1. The van der Waals surface area contributed by atoms with Gasteiger partial charge in [-0.05, 0) is 67.8 Å². The van der Waals surface area contributed by atoms with Crippen LogP contribution in [0, 0.1) is 0 Å². The van der Waals surface area contributed by atoms with Crippen LogP contribution in [0.3, 0.4) is 0 Å². The average molecular weight is 557 g/mol. The van der Waals surface area contributed by atoms with Crippen molar-refractivity contribution in [3.05, 3.63) is 53.0 Å². The summed E-state index contributed by atoms with van der Waals surface area (Å²) < 4.78 is 45.1. The minimum absolute atomic E-state index is 0.00217. The molecule has 3 rings (SSSR count). The van der Waals surface area contributed by atoms with Gasteiger partial charge in [0.2, 0.25) is 15.9 Å². The third kappa shape index (κ3) is 8.06. The Morgan fingerprint density at radius 1 is 1.12 bits per heavy atom. The first-order chi connectivity index (χ1) is 16.2. The Morgan fingerprint density at radius 2 is 1.82 bits per heavy atom. The number of amides is 1. The highest BCUT2D eigenvalue weighted by Crippen LogP contribution is 2.19. The summed E-state index contributed by atoms with van der Waals surface area (Å²) in [5.74, 6) is -1.43. The molecule has 0 aliphatic carbocycles. The summed E-state index contributed by atoms with van der Waals surface area (Å²) in [6, 6.07) is 10.8. The molecule has 2 aromatic rings. The zero-order valence-electron chi connectivity index (χ0n) is 18.1. The Balaban J connectivity index is 1.70. The lowest BCUT2D eigenvalue weighted by Gasteiger charge is -2.25. The molecule has 2 atom stereocenters. The summed E-state index contributed by atoms with van der Waals surface area (Å²) in [7, 11) is -4.02. The molecule has 0 radical (unpaired) electrons. The molecule has 1 heterocycles. The van der Waals surface area contributed by atoms with Gasteiger partial charge in [-0.1, -0.05) is 15.9 Å². The lowest BCUT2D eigenvalue weighted by atomic mass is 10.2. The quantitative estimate of drug-likeness (QED) is 0.383. The number of rotatable bonds is 11. The molecule has 1 unspecified atom stereocenters. The van der Waals surface area contributed by atoms with Gasteiger partial charge in [-0.3, -0.25) is 4.79 Å². The highest BCUT2D eigenvalue weighted by Gasteiger charge is 2.28. The van der Waals surface area contributed by atoms with Crippen molar-refractivity contribution in [2.75, 3.05) is 25.1 Å². The van der Waals surface area contributed by atoms with E-state index in [9.17, 15) is 18.0 Å². The van der Waals surface area contributed by atoms with Crippen LogP contribution in [0.2, 0.25) is 0 Å². The van der Waals surface area contributed by atoms with E-state index in [1.54, 1.807) is 12.1 Å². The van der Waals surface area contributed by atoms with E-state index in [0.29, 0.717) is 28.9 Å². The molecule has 1 aliphatic heterocycles. The van der Waals surface area contributed by atoms with E-state index in [1.807, 2.05) is 0 Å². The zero-order chi connectivity index (χ0) is 24.6. The van der Waals surface area contributed by atoms with Crippen molar-refractivity contribution < 1.29 is 37.3 Å². The van der Waals surface area contributed by atoms with Crippen molar-refractivity contribution in [3.8, 4) is 5.75 Å². The van der Waals surface area contributed by atoms with Crippen LogP contribution in [0.15, 0.2) is 57.9 Å². The Hall–Kier alpha value is -2.51. The maximum Gasteiger partial charge on any atom is 0.341 e. The number of carbonyl (C=O) groups excluding carboxylic acids is 1. The zero-order valence-corrected chi connectivity index (χ0v) is 20.5. The first kappa shape index (κ1) is 26.1. The minimum atomic E-state index is -4.02. The van der Waals surface area contributed by atoms with E-state index in [-0.39, 0.29) is 11.5 Å². The van der Waals surface area contributed by atoms with Crippen molar-refractivity contribution >= 4 is 43.5 Å². The average Bonchev–Trinajstić information content (AvgIpc) is 2.82. The van der Waals surface area contributed by atoms with Gasteiger partial charge < -0.3 is 24.6 Å². The fourth-order valence-electron chi connectivity index (χ4n) is 3.09. The molecule has 0 saturated carbocycles. The van der Waals surface area contributed by atoms with Gasteiger partial charge in [0.25, 0.3) is 0 Å².